The van der Waals surface area contributed by atoms with Gasteiger partial charge in [-0.05, 0) is 44.2 Å². The molecule has 0 aliphatic heterocycles. The molecule has 0 saturated heterocycles. The molecule has 1 aromatic carbocycles. The van der Waals surface area contributed by atoms with Gasteiger partial charge in [-0.3, -0.25) is 15.5 Å². The molecule has 2 heterocycles. The lowest BCUT2D eigenvalue weighted by atomic mass is 10.2. The van der Waals surface area contributed by atoms with Crippen molar-refractivity contribution in [3.05, 3.63) is 81.3 Å². The maximum absolute atomic E-state index is 11.8. The maximum atomic E-state index is 11.8. The summed E-state index contributed by atoms with van der Waals surface area (Å²) in [5, 5.41) is 15.1. The summed E-state index contributed by atoms with van der Waals surface area (Å²) in [6, 6.07) is 11.9. The third-order valence-corrected chi connectivity index (χ3v) is 4.35. The van der Waals surface area contributed by atoms with Crippen LogP contribution >= 0.6 is 0 Å². The molecule has 0 aliphatic carbocycles. The van der Waals surface area contributed by atoms with Crippen molar-refractivity contribution in [2.75, 3.05) is 12.5 Å². The molecule has 9 nitrogen and oxygen atoms in total. The van der Waals surface area contributed by atoms with E-state index in [1.165, 1.54) is 25.4 Å². The second kappa shape index (κ2) is 8.34. The average molecular weight is 393 g/mol. The molecule has 29 heavy (non-hydrogen) atoms. The number of aromatic nitrogens is 2. The molecule has 3 aromatic rings. The number of carbonyl (C=O) groups excluding carboxylic acids is 1. The molecule has 2 aromatic heterocycles. The molecule has 0 unspecified atom stereocenters. The fourth-order valence-electron chi connectivity index (χ4n) is 3.00. The molecule has 0 radical (unpaired) electrons. The number of nitrogens with zero attached hydrogens (tertiary/aromatic N) is 4. The van der Waals surface area contributed by atoms with Gasteiger partial charge >= 0.3 is 11.7 Å². The Morgan fingerprint density at radius 1 is 1.28 bits per heavy atom. The number of carbonyl (C=O) groups is 1. The fourth-order valence-corrected chi connectivity index (χ4v) is 3.00. The highest BCUT2D eigenvalue weighted by Crippen LogP contribution is 2.22. The second-order valence-corrected chi connectivity index (χ2v) is 6.20. The summed E-state index contributed by atoms with van der Waals surface area (Å²) in [4.78, 5) is 26.3. The van der Waals surface area contributed by atoms with Gasteiger partial charge in [-0.1, -0.05) is 6.07 Å². The summed E-state index contributed by atoms with van der Waals surface area (Å²) in [5.41, 5.74) is 6.38. The van der Waals surface area contributed by atoms with E-state index in [0.717, 1.165) is 22.6 Å². The first-order valence-corrected chi connectivity index (χ1v) is 8.68. The Bertz CT molecular complexity index is 1100. The molecular formula is C20H19N5O4. The van der Waals surface area contributed by atoms with Gasteiger partial charge in [-0.2, -0.15) is 5.10 Å². The van der Waals surface area contributed by atoms with E-state index in [-0.39, 0.29) is 11.5 Å². The molecule has 0 fully saturated rings. The highest BCUT2D eigenvalue weighted by Gasteiger charge is 2.14. The number of hydrazone groups is 1. The van der Waals surface area contributed by atoms with Crippen LogP contribution in [0.4, 0.5) is 11.5 Å². The molecular weight excluding hydrogens is 374 g/mol. The number of pyridine rings is 1. The van der Waals surface area contributed by atoms with E-state index in [4.69, 9.17) is 4.74 Å². The highest BCUT2D eigenvalue weighted by molar-refractivity contribution is 5.90. The van der Waals surface area contributed by atoms with Gasteiger partial charge in [0.25, 0.3) is 0 Å². The van der Waals surface area contributed by atoms with E-state index >= 15 is 0 Å². The van der Waals surface area contributed by atoms with Gasteiger partial charge in [-0.15, -0.1) is 0 Å². The number of nitrogens with one attached hydrogen (secondary N) is 1. The summed E-state index contributed by atoms with van der Waals surface area (Å²) in [6.07, 6.45) is 3.02. The van der Waals surface area contributed by atoms with Gasteiger partial charge in [0.1, 0.15) is 0 Å². The van der Waals surface area contributed by atoms with E-state index in [1.807, 2.05) is 30.5 Å². The van der Waals surface area contributed by atoms with Gasteiger partial charge in [-0.25, -0.2) is 9.78 Å². The zero-order valence-corrected chi connectivity index (χ0v) is 16.1. The minimum atomic E-state index is -0.523. The van der Waals surface area contributed by atoms with E-state index in [2.05, 4.69) is 15.5 Å². The maximum Gasteiger partial charge on any atom is 0.337 e. The van der Waals surface area contributed by atoms with Crippen LogP contribution in [-0.2, 0) is 4.74 Å². The number of aryl methyl sites for hydroxylation is 1. The number of anilines is 1. The van der Waals surface area contributed by atoms with Crippen LogP contribution in [0.3, 0.4) is 0 Å². The molecule has 0 amide bonds. The predicted octanol–water partition coefficient (Wildman–Crippen LogP) is 3.63. The van der Waals surface area contributed by atoms with Gasteiger partial charge in [0.05, 0.1) is 23.8 Å². The van der Waals surface area contributed by atoms with E-state index in [1.54, 1.807) is 24.4 Å². The minimum absolute atomic E-state index is 0.0633. The van der Waals surface area contributed by atoms with Crippen molar-refractivity contribution in [3.63, 3.8) is 0 Å². The number of nitro groups is 1. The van der Waals surface area contributed by atoms with Crippen LogP contribution in [0.25, 0.3) is 5.69 Å². The predicted molar refractivity (Wildman–Crippen MR) is 109 cm³/mol. The number of benzene rings is 1. The summed E-state index contributed by atoms with van der Waals surface area (Å²) in [7, 11) is 1.34. The lowest BCUT2D eigenvalue weighted by molar-refractivity contribution is -0.384. The Morgan fingerprint density at radius 2 is 2.07 bits per heavy atom. The van der Waals surface area contributed by atoms with Crippen LogP contribution in [0.1, 0.15) is 27.3 Å². The number of hydrogen-bond donors (Lipinski definition) is 1. The monoisotopic (exact) mass is 393 g/mol. The second-order valence-electron chi connectivity index (χ2n) is 6.20. The van der Waals surface area contributed by atoms with Crippen LogP contribution in [0.5, 0.6) is 0 Å². The standard InChI is InChI=1S/C20H19N5O4/c1-13-10-16(12-22-23-19-18(25(27)28)8-5-9-21-19)14(2)24(13)17-7-4-6-15(11-17)20(26)29-3/h4-12H,1-3H3,(H,21,23)/b22-12-. The summed E-state index contributed by atoms with van der Waals surface area (Å²) in [6.45, 7) is 3.86. The summed E-state index contributed by atoms with van der Waals surface area (Å²) >= 11 is 0. The molecule has 3 rings (SSSR count). The number of esters is 1. The molecule has 0 spiro atoms. The van der Waals surface area contributed by atoms with Gasteiger partial charge in [0, 0.05) is 34.9 Å². The normalized spacial score (nSPS) is 10.9. The molecule has 9 heteroatoms. The van der Waals surface area contributed by atoms with Gasteiger partial charge in [0.15, 0.2) is 0 Å². The number of ether oxygens (including phenoxy) is 1. The van der Waals surface area contributed by atoms with Crippen LogP contribution in [0.15, 0.2) is 53.8 Å². The number of rotatable bonds is 6. The fraction of sp³-hybridized carbons (Fsp3) is 0.150. The lowest BCUT2D eigenvalue weighted by Crippen LogP contribution is -2.05. The molecule has 0 saturated carbocycles. The van der Waals surface area contributed by atoms with Crippen molar-refractivity contribution in [2.45, 2.75) is 13.8 Å². The third kappa shape index (κ3) is 4.13. The zero-order valence-electron chi connectivity index (χ0n) is 16.1. The molecule has 0 atom stereocenters. The SMILES string of the molecule is COC(=O)c1cccc(-n2c(C)cc(/C=N\Nc3ncccc3[N+](=O)[O-])c2C)c1. The van der Waals surface area contributed by atoms with Crippen LogP contribution in [0.2, 0.25) is 0 Å². The topological polar surface area (TPSA) is 112 Å². The quantitative estimate of drug-likeness (QED) is 0.296. The summed E-state index contributed by atoms with van der Waals surface area (Å²) in [5.74, 6) is -0.342. The van der Waals surface area contributed by atoms with Crippen LogP contribution in [-0.4, -0.2) is 33.8 Å². The minimum Gasteiger partial charge on any atom is -0.465 e. The smallest absolute Gasteiger partial charge is 0.337 e. The molecule has 1 N–H and O–H groups in total. The van der Waals surface area contributed by atoms with Crippen LogP contribution in [0, 0.1) is 24.0 Å². The van der Waals surface area contributed by atoms with E-state index in [9.17, 15) is 14.9 Å². The molecule has 0 bridgehead atoms. The first-order valence-electron chi connectivity index (χ1n) is 8.68. The first-order chi connectivity index (χ1) is 13.9. The van der Waals surface area contributed by atoms with Crippen molar-refractivity contribution in [1.29, 1.82) is 0 Å². The van der Waals surface area contributed by atoms with Gasteiger partial charge < -0.3 is 9.30 Å². The van der Waals surface area contributed by atoms with Crippen molar-refractivity contribution < 1.29 is 14.5 Å². The first kappa shape index (κ1) is 19.7. The largest absolute Gasteiger partial charge is 0.465 e. The lowest BCUT2D eigenvalue weighted by Gasteiger charge is -2.10. The number of hydrogen-bond acceptors (Lipinski definition) is 7. The highest BCUT2D eigenvalue weighted by atomic mass is 16.6. The number of methoxy groups -OCH3 is 1. The third-order valence-electron chi connectivity index (χ3n) is 4.35. The summed E-state index contributed by atoms with van der Waals surface area (Å²) < 4.78 is 6.77. The van der Waals surface area contributed by atoms with Crippen molar-refractivity contribution in [3.8, 4) is 5.69 Å². The van der Waals surface area contributed by atoms with Crippen molar-refractivity contribution in [1.82, 2.24) is 9.55 Å². The Labute approximate surface area is 166 Å². The van der Waals surface area contributed by atoms with E-state index in [0.29, 0.717) is 5.56 Å². The molecule has 148 valence electrons. The Morgan fingerprint density at radius 3 is 2.79 bits per heavy atom. The van der Waals surface area contributed by atoms with Crippen molar-refractivity contribution in [2.24, 2.45) is 5.10 Å². The van der Waals surface area contributed by atoms with Crippen molar-refractivity contribution >= 4 is 23.7 Å². The van der Waals surface area contributed by atoms with Gasteiger partial charge in [0.2, 0.25) is 5.82 Å². The Hall–Kier alpha value is -4.01. The molecule has 0 aliphatic rings. The average Bonchev–Trinajstić information content (AvgIpc) is 3.01. The van der Waals surface area contributed by atoms with E-state index < -0.39 is 10.9 Å². The Balaban J connectivity index is 1.88. The zero-order chi connectivity index (χ0) is 21.0. The Kier molecular flexibility index (Phi) is 5.68. The van der Waals surface area contributed by atoms with Crippen LogP contribution < -0.4 is 5.43 Å².